The molecule has 1 aliphatic heterocycles. The van der Waals surface area contributed by atoms with Crippen LogP contribution in [0.4, 0.5) is 4.39 Å². The molecule has 2 heterocycles. The number of aromatic nitrogens is 2. The van der Waals surface area contributed by atoms with Gasteiger partial charge in [0.25, 0.3) is 0 Å². The van der Waals surface area contributed by atoms with E-state index in [1.807, 2.05) is 24.3 Å². The van der Waals surface area contributed by atoms with E-state index < -0.39 is 18.2 Å². The fourth-order valence-corrected chi connectivity index (χ4v) is 2.83. The second kappa shape index (κ2) is 5.08. The minimum absolute atomic E-state index is 0.0387. The van der Waals surface area contributed by atoms with Crippen molar-refractivity contribution >= 4 is 22.8 Å². The predicted octanol–water partition coefficient (Wildman–Crippen LogP) is 1.14. The Morgan fingerprint density at radius 3 is 2.82 bits per heavy atom. The van der Waals surface area contributed by atoms with Gasteiger partial charge in [-0.3, -0.25) is 9.48 Å². The van der Waals surface area contributed by atoms with Gasteiger partial charge in [-0.15, -0.1) is 0 Å². The molecule has 1 aromatic carbocycles. The first kappa shape index (κ1) is 14.5. The molecular weight excluding hydrogens is 289 g/mol. The number of carboxylic acid groups (broad SMARTS) is 1. The third-order valence-electron chi connectivity index (χ3n) is 4.11. The van der Waals surface area contributed by atoms with Gasteiger partial charge < -0.3 is 10.0 Å². The summed E-state index contributed by atoms with van der Waals surface area (Å²) in [5, 5.41) is 14.1. The van der Waals surface area contributed by atoms with Crippen LogP contribution in [-0.2, 0) is 23.1 Å². The van der Waals surface area contributed by atoms with Gasteiger partial charge in [-0.25, -0.2) is 9.18 Å². The van der Waals surface area contributed by atoms with Crippen molar-refractivity contribution in [1.82, 2.24) is 14.7 Å². The van der Waals surface area contributed by atoms with Gasteiger partial charge in [0.2, 0.25) is 11.6 Å². The summed E-state index contributed by atoms with van der Waals surface area (Å²) < 4.78 is 15.7. The minimum atomic E-state index is -2.33. The van der Waals surface area contributed by atoms with E-state index in [2.05, 4.69) is 5.10 Å². The average Bonchev–Trinajstić information content (AvgIpc) is 3.03. The van der Waals surface area contributed by atoms with Crippen LogP contribution in [0.1, 0.15) is 12.1 Å². The van der Waals surface area contributed by atoms with Crippen LogP contribution in [0, 0.1) is 0 Å². The zero-order chi connectivity index (χ0) is 15.9. The smallest absolute Gasteiger partial charge is 0.343 e. The number of alkyl halides is 1. The maximum atomic E-state index is 14.0. The van der Waals surface area contributed by atoms with Crippen molar-refractivity contribution in [3.8, 4) is 0 Å². The SMILES string of the molecule is Cn1nc(CC(=O)N2CCC(F)(C(=O)O)C2)c2ccccc21. The third kappa shape index (κ3) is 2.32. The first-order valence-electron chi connectivity index (χ1n) is 7.01. The van der Waals surface area contributed by atoms with Crippen molar-refractivity contribution in [2.45, 2.75) is 18.5 Å². The van der Waals surface area contributed by atoms with Crippen molar-refractivity contribution in [3.05, 3.63) is 30.0 Å². The maximum Gasteiger partial charge on any atom is 0.343 e. The van der Waals surface area contributed by atoms with Crippen molar-refractivity contribution in [2.24, 2.45) is 7.05 Å². The second-order valence-electron chi connectivity index (χ2n) is 5.60. The lowest BCUT2D eigenvalue weighted by molar-refractivity contribution is -0.150. The largest absolute Gasteiger partial charge is 0.479 e. The van der Waals surface area contributed by atoms with E-state index in [1.165, 1.54) is 4.90 Å². The quantitative estimate of drug-likeness (QED) is 0.922. The van der Waals surface area contributed by atoms with Crippen LogP contribution in [0.15, 0.2) is 24.3 Å². The minimum Gasteiger partial charge on any atom is -0.479 e. The Morgan fingerprint density at radius 1 is 1.41 bits per heavy atom. The Bertz CT molecular complexity index is 758. The highest BCUT2D eigenvalue weighted by Gasteiger charge is 2.46. The molecule has 1 amide bonds. The number of para-hydroxylation sites is 1. The number of carboxylic acids is 1. The molecule has 1 aliphatic rings. The first-order chi connectivity index (χ1) is 10.4. The number of nitrogens with zero attached hydrogens (tertiary/aromatic N) is 3. The van der Waals surface area contributed by atoms with Gasteiger partial charge in [-0.2, -0.15) is 5.10 Å². The van der Waals surface area contributed by atoms with Crippen molar-refractivity contribution in [2.75, 3.05) is 13.1 Å². The van der Waals surface area contributed by atoms with E-state index in [0.29, 0.717) is 5.69 Å². The van der Waals surface area contributed by atoms with Crippen molar-refractivity contribution < 1.29 is 19.1 Å². The summed E-state index contributed by atoms with van der Waals surface area (Å²) in [6.45, 7) is -0.279. The van der Waals surface area contributed by atoms with Crippen LogP contribution in [0.2, 0.25) is 0 Å². The lowest BCUT2D eigenvalue weighted by atomic mass is 10.1. The highest BCUT2D eigenvalue weighted by Crippen LogP contribution is 2.27. The fraction of sp³-hybridized carbons (Fsp3) is 0.400. The summed E-state index contributed by atoms with van der Waals surface area (Å²) in [5.41, 5.74) is -0.797. The molecule has 7 heteroatoms. The number of hydrogen-bond acceptors (Lipinski definition) is 3. The van der Waals surface area contributed by atoms with Gasteiger partial charge in [0, 0.05) is 25.4 Å². The Balaban J connectivity index is 1.79. The number of aryl methyl sites for hydroxylation is 1. The highest BCUT2D eigenvalue weighted by molar-refractivity contribution is 5.88. The topological polar surface area (TPSA) is 75.4 Å². The van der Waals surface area contributed by atoms with Crippen LogP contribution >= 0.6 is 0 Å². The molecule has 2 aromatic rings. The molecule has 22 heavy (non-hydrogen) atoms. The number of rotatable bonds is 3. The van der Waals surface area contributed by atoms with Crippen LogP contribution in [-0.4, -0.2) is 50.4 Å². The maximum absolute atomic E-state index is 14.0. The first-order valence-corrected chi connectivity index (χ1v) is 7.01. The van der Waals surface area contributed by atoms with Crippen molar-refractivity contribution in [1.29, 1.82) is 0 Å². The van der Waals surface area contributed by atoms with Crippen LogP contribution in [0.25, 0.3) is 10.9 Å². The van der Waals surface area contributed by atoms with Gasteiger partial charge in [0.1, 0.15) is 0 Å². The number of aliphatic carboxylic acids is 1. The van der Waals surface area contributed by atoms with E-state index in [0.717, 1.165) is 10.9 Å². The number of hydrogen-bond donors (Lipinski definition) is 1. The van der Waals surface area contributed by atoms with Crippen molar-refractivity contribution in [3.63, 3.8) is 0 Å². The number of benzene rings is 1. The molecule has 0 spiro atoms. The molecule has 1 aromatic heterocycles. The molecule has 6 nitrogen and oxygen atoms in total. The van der Waals surface area contributed by atoms with E-state index in [-0.39, 0.29) is 25.3 Å². The Hall–Kier alpha value is -2.44. The molecule has 0 bridgehead atoms. The van der Waals surface area contributed by atoms with Gasteiger partial charge >= 0.3 is 5.97 Å². The van der Waals surface area contributed by atoms with Gasteiger partial charge in [-0.1, -0.05) is 18.2 Å². The number of carbonyl (C=O) groups is 2. The molecule has 0 saturated carbocycles. The highest BCUT2D eigenvalue weighted by atomic mass is 19.1. The molecule has 3 rings (SSSR count). The van der Waals surface area contributed by atoms with Gasteiger partial charge in [-0.05, 0) is 6.07 Å². The lowest BCUT2D eigenvalue weighted by Gasteiger charge is -2.17. The molecule has 116 valence electrons. The summed E-state index contributed by atoms with van der Waals surface area (Å²) in [6.07, 6.45) is -0.131. The van der Waals surface area contributed by atoms with Crippen LogP contribution < -0.4 is 0 Å². The summed E-state index contributed by atoms with van der Waals surface area (Å²) in [4.78, 5) is 24.5. The van der Waals surface area contributed by atoms with Gasteiger partial charge in [0.15, 0.2) is 0 Å². The molecule has 0 aliphatic carbocycles. The van der Waals surface area contributed by atoms with E-state index in [1.54, 1.807) is 11.7 Å². The Morgan fingerprint density at radius 2 is 2.14 bits per heavy atom. The van der Waals surface area contributed by atoms with E-state index >= 15 is 0 Å². The number of carbonyl (C=O) groups excluding carboxylic acids is 1. The standard InChI is InChI=1S/C15H16FN3O3/c1-18-12-5-3-2-4-10(12)11(17-18)8-13(20)19-7-6-15(16,9-19)14(21)22/h2-5H,6-9H2,1H3,(H,21,22). The molecule has 0 radical (unpaired) electrons. The molecule has 1 N–H and O–H groups in total. The second-order valence-corrected chi connectivity index (χ2v) is 5.60. The Labute approximate surface area is 126 Å². The van der Waals surface area contributed by atoms with Gasteiger partial charge in [0.05, 0.1) is 24.2 Å². The zero-order valence-electron chi connectivity index (χ0n) is 12.1. The molecule has 1 fully saturated rings. The zero-order valence-corrected chi connectivity index (χ0v) is 12.1. The molecule has 1 saturated heterocycles. The lowest BCUT2D eigenvalue weighted by Crippen LogP contribution is -2.39. The molecular formula is C15H16FN3O3. The van der Waals surface area contributed by atoms with Crippen LogP contribution in [0.3, 0.4) is 0 Å². The molecule has 1 unspecified atom stereocenters. The number of likely N-dealkylation sites (tertiary alicyclic amines) is 1. The normalized spacial score (nSPS) is 21.5. The summed E-state index contributed by atoms with van der Waals surface area (Å²) in [5.74, 6) is -1.81. The monoisotopic (exact) mass is 305 g/mol. The summed E-state index contributed by atoms with van der Waals surface area (Å²) >= 11 is 0. The van der Waals surface area contributed by atoms with E-state index in [4.69, 9.17) is 5.11 Å². The predicted molar refractivity (Wildman–Crippen MR) is 77.1 cm³/mol. The summed E-state index contributed by atoms with van der Waals surface area (Å²) in [6, 6.07) is 7.54. The number of halogens is 1. The number of amides is 1. The van der Waals surface area contributed by atoms with E-state index in [9.17, 15) is 14.0 Å². The molecule has 1 atom stereocenters. The summed E-state index contributed by atoms with van der Waals surface area (Å²) in [7, 11) is 1.79. The van der Waals surface area contributed by atoms with Crippen LogP contribution in [0.5, 0.6) is 0 Å². The number of fused-ring (bicyclic) bond motifs is 1. The Kier molecular flexibility index (Phi) is 3.35. The fourth-order valence-electron chi connectivity index (χ4n) is 2.83. The third-order valence-corrected chi connectivity index (χ3v) is 4.11. The average molecular weight is 305 g/mol.